The summed E-state index contributed by atoms with van der Waals surface area (Å²) in [7, 11) is 0. The predicted octanol–water partition coefficient (Wildman–Crippen LogP) is 4.15. The summed E-state index contributed by atoms with van der Waals surface area (Å²) in [6, 6.07) is 0. The summed E-state index contributed by atoms with van der Waals surface area (Å²) >= 11 is 0. The first-order chi connectivity index (χ1) is 7.62. The van der Waals surface area contributed by atoms with Gasteiger partial charge in [0, 0.05) is 13.5 Å². The van der Waals surface area contributed by atoms with Crippen LogP contribution in [0.2, 0.25) is 0 Å². The quantitative estimate of drug-likeness (QED) is 0.757. The Kier molecular flexibility index (Phi) is 12.2. The average Bonchev–Trinajstić information content (AvgIpc) is 2.33. The number of rotatable bonds is 2. The van der Waals surface area contributed by atoms with Gasteiger partial charge in [-0.05, 0) is 18.3 Å². The maximum absolute atomic E-state index is 10.7. The third kappa shape index (κ3) is 8.75. The maximum atomic E-state index is 10.7. The number of carbonyl (C=O) groups excluding carboxylic acids is 1. The van der Waals surface area contributed by atoms with E-state index in [0.29, 0.717) is 5.41 Å². The molecule has 2 heteroatoms. The van der Waals surface area contributed by atoms with Gasteiger partial charge in [0.2, 0.25) is 5.91 Å². The van der Waals surface area contributed by atoms with Crippen LogP contribution in [0.5, 0.6) is 0 Å². The van der Waals surface area contributed by atoms with Crippen LogP contribution in [0.15, 0.2) is 0 Å². The van der Waals surface area contributed by atoms with Crippen molar-refractivity contribution in [2.45, 2.75) is 73.6 Å². The van der Waals surface area contributed by atoms with Gasteiger partial charge in [-0.3, -0.25) is 4.79 Å². The molecular formula is C14H31NO. The van der Waals surface area contributed by atoms with Crippen LogP contribution >= 0.6 is 0 Å². The van der Waals surface area contributed by atoms with E-state index in [4.69, 9.17) is 0 Å². The first kappa shape index (κ1) is 17.9. The zero-order valence-electron chi connectivity index (χ0n) is 12.2. The lowest BCUT2D eigenvalue weighted by Gasteiger charge is -2.33. The van der Waals surface area contributed by atoms with E-state index in [1.54, 1.807) is 6.92 Å². The molecule has 0 unspecified atom stereocenters. The second-order valence-electron chi connectivity index (χ2n) is 4.28. The zero-order chi connectivity index (χ0) is 13.0. The first-order valence-electron chi connectivity index (χ1n) is 6.87. The van der Waals surface area contributed by atoms with E-state index in [9.17, 15) is 4.79 Å². The minimum Gasteiger partial charge on any atom is -0.356 e. The Labute approximate surface area is 102 Å². The minimum absolute atomic E-state index is 0.0989. The van der Waals surface area contributed by atoms with Crippen molar-refractivity contribution in [3.8, 4) is 0 Å². The van der Waals surface area contributed by atoms with Crippen molar-refractivity contribution < 1.29 is 4.79 Å². The van der Waals surface area contributed by atoms with E-state index in [-0.39, 0.29) is 5.91 Å². The van der Waals surface area contributed by atoms with Crippen LogP contribution in [0.25, 0.3) is 0 Å². The van der Waals surface area contributed by atoms with Gasteiger partial charge < -0.3 is 5.32 Å². The molecule has 0 bridgehead atoms. The summed E-state index contributed by atoms with van der Waals surface area (Å²) in [6.45, 7) is 12.7. The second-order valence-corrected chi connectivity index (χ2v) is 4.28. The number of nitrogens with one attached hydrogen (secondary N) is 1. The van der Waals surface area contributed by atoms with Crippen molar-refractivity contribution >= 4 is 5.91 Å². The standard InChI is InChI=1S/C10H19NO.2C2H6/c1-9(12)11-8-10(2)6-4-3-5-7-10;2*1-2/h3-8H2,1-2H3,(H,11,12);2*1-2H3. The molecule has 0 aromatic heterocycles. The van der Waals surface area contributed by atoms with Gasteiger partial charge >= 0.3 is 0 Å². The molecular weight excluding hydrogens is 198 g/mol. The van der Waals surface area contributed by atoms with E-state index in [1.807, 2.05) is 27.7 Å². The molecule has 2 nitrogen and oxygen atoms in total. The summed E-state index contributed by atoms with van der Waals surface area (Å²) in [5, 5.41) is 2.92. The molecule has 1 aliphatic rings. The number of hydrogen-bond donors (Lipinski definition) is 1. The molecule has 1 amide bonds. The third-order valence-electron chi connectivity index (χ3n) is 2.82. The van der Waals surface area contributed by atoms with E-state index in [2.05, 4.69) is 12.2 Å². The van der Waals surface area contributed by atoms with Gasteiger partial charge in [-0.25, -0.2) is 0 Å². The molecule has 1 fully saturated rings. The van der Waals surface area contributed by atoms with Gasteiger partial charge in [0.05, 0.1) is 0 Å². The monoisotopic (exact) mass is 229 g/mol. The molecule has 98 valence electrons. The predicted molar refractivity (Wildman–Crippen MR) is 72.6 cm³/mol. The fraction of sp³-hybridized carbons (Fsp3) is 0.929. The lowest BCUT2D eigenvalue weighted by atomic mass is 9.76. The van der Waals surface area contributed by atoms with Crippen molar-refractivity contribution in [3.05, 3.63) is 0 Å². The first-order valence-corrected chi connectivity index (χ1v) is 6.87. The summed E-state index contributed by atoms with van der Waals surface area (Å²) in [5.41, 5.74) is 0.379. The molecule has 0 atom stereocenters. The molecule has 1 rings (SSSR count). The highest BCUT2D eigenvalue weighted by Gasteiger charge is 2.26. The Morgan fingerprint density at radius 3 is 1.88 bits per heavy atom. The molecule has 16 heavy (non-hydrogen) atoms. The molecule has 0 spiro atoms. The lowest BCUT2D eigenvalue weighted by molar-refractivity contribution is -0.119. The van der Waals surface area contributed by atoms with E-state index >= 15 is 0 Å². The van der Waals surface area contributed by atoms with E-state index in [1.165, 1.54) is 32.1 Å². The highest BCUT2D eigenvalue weighted by molar-refractivity contribution is 5.72. The highest BCUT2D eigenvalue weighted by atomic mass is 16.1. The SMILES string of the molecule is CC.CC.CC(=O)NCC1(C)CCCCC1. The zero-order valence-corrected chi connectivity index (χ0v) is 12.2. The van der Waals surface area contributed by atoms with Crippen molar-refractivity contribution in [1.82, 2.24) is 5.32 Å². The van der Waals surface area contributed by atoms with Gasteiger partial charge in [-0.2, -0.15) is 0 Å². The molecule has 0 heterocycles. The summed E-state index contributed by atoms with van der Waals surface area (Å²) < 4.78 is 0. The van der Waals surface area contributed by atoms with Crippen molar-refractivity contribution in [1.29, 1.82) is 0 Å². The van der Waals surface area contributed by atoms with Crippen LogP contribution in [0.3, 0.4) is 0 Å². The summed E-state index contributed by atoms with van der Waals surface area (Å²) in [5.74, 6) is 0.0989. The molecule has 0 saturated heterocycles. The molecule has 0 radical (unpaired) electrons. The smallest absolute Gasteiger partial charge is 0.216 e. The largest absolute Gasteiger partial charge is 0.356 e. The van der Waals surface area contributed by atoms with Gasteiger partial charge in [-0.1, -0.05) is 53.9 Å². The Morgan fingerprint density at radius 2 is 1.50 bits per heavy atom. The molecule has 1 N–H and O–H groups in total. The van der Waals surface area contributed by atoms with Crippen molar-refractivity contribution in [2.75, 3.05) is 6.54 Å². The van der Waals surface area contributed by atoms with Gasteiger partial charge in [0.15, 0.2) is 0 Å². The molecule has 1 aliphatic carbocycles. The van der Waals surface area contributed by atoms with Crippen LogP contribution < -0.4 is 5.32 Å². The fourth-order valence-corrected chi connectivity index (χ4v) is 1.92. The van der Waals surface area contributed by atoms with Crippen LogP contribution in [-0.4, -0.2) is 12.5 Å². The number of carbonyl (C=O) groups is 1. The average molecular weight is 229 g/mol. The van der Waals surface area contributed by atoms with Crippen LogP contribution in [0, 0.1) is 5.41 Å². The molecule has 1 saturated carbocycles. The molecule has 0 aromatic carbocycles. The Morgan fingerprint density at radius 1 is 1.06 bits per heavy atom. The lowest BCUT2D eigenvalue weighted by Crippen LogP contribution is -2.35. The number of hydrogen-bond acceptors (Lipinski definition) is 1. The van der Waals surface area contributed by atoms with Gasteiger partial charge in [0.25, 0.3) is 0 Å². The Hall–Kier alpha value is -0.530. The van der Waals surface area contributed by atoms with Crippen molar-refractivity contribution in [2.24, 2.45) is 5.41 Å². The maximum Gasteiger partial charge on any atom is 0.216 e. The summed E-state index contributed by atoms with van der Waals surface area (Å²) in [6.07, 6.45) is 6.57. The Balaban J connectivity index is 0. The normalized spacial score (nSPS) is 17.1. The second kappa shape index (κ2) is 11.0. The van der Waals surface area contributed by atoms with Crippen LogP contribution in [0.1, 0.15) is 73.6 Å². The van der Waals surface area contributed by atoms with E-state index < -0.39 is 0 Å². The minimum atomic E-state index is 0.0989. The highest BCUT2D eigenvalue weighted by Crippen LogP contribution is 2.34. The van der Waals surface area contributed by atoms with Gasteiger partial charge in [-0.15, -0.1) is 0 Å². The van der Waals surface area contributed by atoms with Crippen LogP contribution in [-0.2, 0) is 4.79 Å². The van der Waals surface area contributed by atoms with Crippen molar-refractivity contribution in [3.63, 3.8) is 0 Å². The Bertz CT molecular complexity index is 160. The topological polar surface area (TPSA) is 29.1 Å². The van der Waals surface area contributed by atoms with Gasteiger partial charge in [0.1, 0.15) is 0 Å². The fourth-order valence-electron chi connectivity index (χ4n) is 1.92. The molecule has 0 aromatic rings. The molecule has 0 aliphatic heterocycles. The van der Waals surface area contributed by atoms with E-state index in [0.717, 1.165) is 6.54 Å². The third-order valence-corrected chi connectivity index (χ3v) is 2.82. The summed E-state index contributed by atoms with van der Waals surface area (Å²) in [4.78, 5) is 10.7. The van der Waals surface area contributed by atoms with Crippen LogP contribution in [0.4, 0.5) is 0 Å². The number of amides is 1.